The summed E-state index contributed by atoms with van der Waals surface area (Å²) in [4.78, 5) is 14.8. The Labute approximate surface area is 195 Å². The lowest BCUT2D eigenvalue weighted by molar-refractivity contribution is -0.138. The number of halogens is 4. The number of thioether (sulfide) groups is 1. The highest BCUT2D eigenvalue weighted by molar-refractivity contribution is 7.99. The van der Waals surface area contributed by atoms with E-state index in [-0.39, 0.29) is 33.5 Å². The average Bonchev–Trinajstić information content (AvgIpc) is 3.44. The average molecular weight is 499 g/mol. The number of hydrogen-bond donors (Lipinski definition) is 0. The minimum atomic E-state index is -4.56. The van der Waals surface area contributed by atoms with Crippen LogP contribution in [0.15, 0.2) is 35.6 Å². The van der Waals surface area contributed by atoms with Crippen LogP contribution in [0.2, 0.25) is 5.02 Å². The number of aromatic nitrogens is 3. The van der Waals surface area contributed by atoms with E-state index < -0.39 is 11.7 Å². The lowest BCUT2D eigenvalue weighted by Crippen LogP contribution is -2.32. The number of fused-ring (bicyclic) bond motifs is 2. The van der Waals surface area contributed by atoms with E-state index >= 15 is 0 Å². The van der Waals surface area contributed by atoms with Crippen LogP contribution in [-0.2, 0) is 11.0 Å². The third kappa shape index (κ3) is 4.31. The van der Waals surface area contributed by atoms with Crippen LogP contribution in [0.1, 0.15) is 30.0 Å². The first kappa shape index (κ1) is 22.1. The van der Waals surface area contributed by atoms with Crippen LogP contribution in [-0.4, -0.2) is 50.9 Å². The van der Waals surface area contributed by atoms with Crippen molar-refractivity contribution in [2.45, 2.75) is 30.2 Å². The molecule has 1 aromatic carbocycles. The number of ether oxygens (including phenoxy) is 2. The summed E-state index contributed by atoms with van der Waals surface area (Å²) in [5, 5.41) is 7.80. The number of nitrogens with zero attached hydrogens (tertiary/aromatic N) is 4. The van der Waals surface area contributed by atoms with Crippen LogP contribution in [0, 0.1) is 0 Å². The minimum Gasteiger partial charge on any atom is -0.486 e. The van der Waals surface area contributed by atoms with Crippen molar-refractivity contribution in [3.63, 3.8) is 0 Å². The number of carbonyl (C=O) groups is 1. The summed E-state index contributed by atoms with van der Waals surface area (Å²) < 4.78 is 51.9. The maximum absolute atomic E-state index is 13.2. The molecule has 0 aliphatic carbocycles. The Morgan fingerprint density at radius 1 is 1.18 bits per heavy atom. The molecule has 0 spiro atoms. The Bertz CT molecular complexity index is 1220. The summed E-state index contributed by atoms with van der Waals surface area (Å²) in [6.45, 7) is 1.58. The van der Waals surface area contributed by atoms with Gasteiger partial charge < -0.3 is 14.4 Å². The molecule has 0 N–H and O–H groups in total. The molecule has 1 saturated heterocycles. The van der Waals surface area contributed by atoms with Crippen LogP contribution in [0.3, 0.4) is 0 Å². The molecule has 2 aliphatic heterocycles. The normalized spacial score (nSPS) is 18.2. The van der Waals surface area contributed by atoms with Crippen LogP contribution in [0.5, 0.6) is 11.5 Å². The number of carbonyl (C=O) groups excluding carboxylic acids is 1. The second-order valence-electron chi connectivity index (χ2n) is 7.69. The molecule has 3 aromatic rings. The minimum absolute atomic E-state index is 0.00963. The molecule has 0 radical (unpaired) electrons. The Morgan fingerprint density at radius 3 is 2.76 bits per heavy atom. The van der Waals surface area contributed by atoms with Crippen molar-refractivity contribution in [3.05, 3.63) is 46.6 Å². The van der Waals surface area contributed by atoms with E-state index in [0.717, 1.165) is 42.4 Å². The zero-order chi connectivity index (χ0) is 23.2. The molecule has 174 valence electrons. The first-order valence-electron chi connectivity index (χ1n) is 10.2. The molecule has 33 heavy (non-hydrogen) atoms. The van der Waals surface area contributed by atoms with Gasteiger partial charge >= 0.3 is 6.18 Å². The number of alkyl halides is 3. The van der Waals surface area contributed by atoms with E-state index in [4.69, 9.17) is 21.1 Å². The van der Waals surface area contributed by atoms with Crippen LogP contribution >= 0.6 is 23.4 Å². The van der Waals surface area contributed by atoms with Gasteiger partial charge in [-0.3, -0.25) is 9.20 Å². The van der Waals surface area contributed by atoms with Gasteiger partial charge in [-0.1, -0.05) is 29.4 Å². The zero-order valence-corrected chi connectivity index (χ0v) is 18.7. The largest absolute Gasteiger partial charge is 0.486 e. The van der Waals surface area contributed by atoms with E-state index in [1.165, 1.54) is 4.40 Å². The summed E-state index contributed by atoms with van der Waals surface area (Å²) in [5.41, 5.74) is 0.158. The molecule has 1 fully saturated rings. The fraction of sp³-hybridized carbons (Fsp3) is 0.381. The monoisotopic (exact) mass is 498 g/mol. The van der Waals surface area contributed by atoms with Gasteiger partial charge in [0.2, 0.25) is 5.91 Å². The number of pyridine rings is 1. The summed E-state index contributed by atoms with van der Waals surface area (Å²) >= 11 is 6.99. The fourth-order valence-electron chi connectivity index (χ4n) is 4.08. The van der Waals surface area contributed by atoms with Gasteiger partial charge in [-0.2, -0.15) is 13.2 Å². The molecule has 2 aromatic heterocycles. The van der Waals surface area contributed by atoms with E-state index in [1.54, 1.807) is 4.90 Å². The number of hydrogen-bond acceptors (Lipinski definition) is 6. The quantitative estimate of drug-likeness (QED) is 0.489. The lowest BCUT2D eigenvalue weighted by atomic mass is 10.0. The van der Waals surface area contributed by atoms with Crippen molar-refractivity contribution >= 4 is 34.9 Å². The van der Waals surface area contributed by atoms with Gasteiger partial charge in [0.15, 0.2) is 22.3 Å². The highest BCUT2D eigenvalue weighted by Gasteiger charge is 2.33. The van der Waals surface area contributed by atoms with E-state index in [2.05, 4.69) is 10.2 Å². The Kier molecular flexibility index (Phi) is 5.77. The highest BCUT2D eigenvalue weighted by atomic mass is 35.5. The Morgan fingerprint density at radius 2 is 1.97 bits per heavy atom. The predicted molar refractivity (Wildman–Crippen MR) is 115 cm³/mol. The van der Waals surface area contributed by atoms with Gasteiger partial charge in [0.05, 0.1) is 22.4 Å². The molecule has 0 saturated carbocycles. The van der Waals surface area contributed by atoms with Gasteiger partial charge in [-0.05, 0) is 36.6 Å². The molecule has 1 unspecified atom stereocenters. The van der Waals surface area contributed by atoms with Crippen molar-refractivity contribution in [2.24, 2.45) is 0 Å². The van der Waals surface area contributed by atoms with E-state index in [1.807, 2.05) is 18.2 Å². The van der Waals surface area contributed by atoms with Crippen molar-refractivity contribution in [1.82, 2.24) is 19.5 Å². The summed E-state index contributed by atoms with van der Waals surface area (Å²) in [5.74, 6) is 1.23. The molecule has 1 amide bonds. The molecular weight excluding hydrogens is 481 g/mol. The van der Waals surface area contributed by atoms with E-state index in [9.17, 15) is 18.0 Å². The Hall–Kier alpha value is -2.66. The first-order valence-corrected chi connectivity index (χ1v) is 11.6. The van der Waals surface area contributed by atoms with Gasteiger partial charge in [0.25, 0.3) is 0 Å². The lowest BCUT2D eigenvalue weighted by Gasteiger charge is -2.26. The Balaban J connectivity index is 1.33. The first-order chi connectivity index (χ1) is 15.8. The van der Waals surface area contributed by atoms with Crippen molar-refractivity contribution < 1.29 is 27.4 Å². The highest BCUT2D eigenvalue weighted by Crippen LogP contribution is 2.39. The van der Waals surface area contributed by atoms with Gasteiger partial charge in [-0.15, -0.1) is 10.2 Å². The van der Waals surface area contributed by atoms with Gasteiger partial charge in [0, 0.05) is 12.7 Å². The number of benzene rings is 1. The summed E-state index contributed by atoms with van der Waals surface area (Å²) in [6.07, 6.45) is -2.00. The van der Waals surface area contributed by atoms with E-state index in [0.29, 0.717) is 31.3 Å². The van der Waals surface area contributed by atoms with Crippen LogP contribution in [0.25, 0.3) is 5.65 Å². The zero-order valence-electron chi connectivity index (χ0n) is 17.1. The fourth-order valence-corrected chi connectivity index (χ4v) is 5.12. The second-order valence-corrected chi connectivity index (χ2v) is 9.04. The van der Waals surface area contributed by atoms with Crippen LogP contribution < -0.4 is 9.47 Å². The van der Waals surface area contributed by atoms with Gasteiger partial charge in [0.1, 0.15) is 13.2 Å². The molecule has 4 heterocycles. The number of amides is 1. The van der Waals surface area contributed by atoms with Crippen LogP contribution in [0.4, 0.5) is 13.2 Å². The smallest absolute Gasteiger partial charge is 0.417 e. The molecule has 2 aliphatic rings. The predicted octanol–water partition coefficient (Wildman–Crippen LogP) is 4.63. The second kappa shape index (κ2) is 8.60. The van der Waals surface area contributed by atoms with Crippen molar-refractivity contribution in [3.8, 4) is 11.5 Å². The van der Waals surface area contributed by atoms with Crippen molar-refractivity contribution in [2.75, 3.05) is 25.5 Å². The summed E-state index contributed by atoms with van der Waals surface area (Å²) in [6, 6.07) is 6.40. The molecular formula is C21H18ClF3N4O3S. The maximum atomic E-state index is 13.2. The molecule has 12 heteroatoms. The standard InChI is InChI=1S/C21H18ClF3N4O3S/c22-14-9-13(21(23,24)25)10-29-19(14)26-27-20(29)33-11-18(30)28-5-1-2-15(28)12-3-4-16-17(8-12)32-7-6-31-16/h3-4,8-10,15H,1-2,5-7,11H2. The molecule has 5 rings (SSSR count). The number of rotatable bonds is 4. The number of likely N-dealkylation sites (tertiary alicyclic amines) is 1. The summed E-state index contributed by atoms with van der Waals surface area (Å²) in [7, 11) is 0. The molecule has 0 bridgehead atoms. The topological polar surface area (TPSA) is 69.0 Å². The SMILES string of the molecule is O=C(CSc1nnc2c(Cl)cc(C(F)(F)F)cn12)N1CCCC1c1ccc2c(c1)OCCO2. The third-order valence-corrected chi connectivity index (χ3v) is 6.81. The third-order valence-electron chi connectivity index (χ3n) is 5.60. The van der Waals surface area contributed by atoms with Gasteiger partial charge in [-0.25, -0.2) is 0 Å². The molecule has 1 atom stereocenters. The van der Waals surface area contributed by atoms with Crippen molar-refractivity contribution in [1.29, 1.82) is 0 Å². The molecule has 7 nitrogen and oxygen atoms in total. The maximum Gasteiger partial charge on any atom is 0.417 e.